The van der Waals surface area contributed by atoms with Gasteiger partial charge in [-0.25, -0.2) is 0 Å². The minimum absolute atomic E-state index is 0.0965. The van der Waals surface area contributed by atoms with Crippen LogP contribution in [0.3, 0.4) is 0 Å². The summed E-state index contributed by atoms with van der Waals surface area (Å²) in [5.41, 5.74) is 15.6. The van der Waals surface area contributed by atoms with E-state index in [2.05, 4.69) is 221 Å². The van der Waals surface area contributed by atoms with Crippen LogP contribution in [0.15, 0.2) is 206 Å². The number of para-hydroxylation sites is 3. The van der Waals surface area contributed by atoms with E-state index < -0.39 is 0 Å². The molecule has 0 unspecified atom stereocenters. The number of hydrogen-bond acceptors (Lipinski definition) is 4. The summed E-state index contributed by atoms with van der Waals surface area (Å²) in [5, 5.41) is 1.29. The molecule has 9 aromatic rings. The third kappa shape index (κ3) is 5.12. The molecule has 0 saturated heterocycles. The predicted octanol–water partition coefficient (Wildman–Crippen LogP) is 12.1. The van der Waals surface area contributed by atoms with Crippen molar-refractivity contribution in [2.45, 2.75) is 0 Å². The number of hydrogen-bond donors (Lipinski definition) is 0. The number of fused-ring (bicyclic) bond motifs is 6. The van der Waals surface area contributed by atoms with Crippen LogP contribution < -0.4 is 30.4 Å². The lowest BCUT2D eigenvalue weighted by Gasteiger charge is -2.43. The minimum Gasteiger partial charge on any atom is -0.311 e. The van der Waals surface area contributed by atoms with E-state index in [-0.39, 0.29) is 6.71 Å². The summed E-state index contributed by atoms with van der Waals surface area (Å²) in [6.45, 7) is 0.0965. The molecule has 0 radical (unpaired) electrons. The second-order valence-electron chi connectivity index (χ2n) is 14.1. The highest BCUT2D eigenvalue weighted by Crippen LogP contribution is 2.48. The number of rotatable bonds is 6. The highest BCUT2D eigenvalue weighted by atomic mass is 32.1. The van der Waals surface area contributed by atoms with Crippen LogP contribution in [-0.4, -0.2) is 6.71 Å². The molecule has 258 valence electrons. The molecule has 0 amide bonds. The van der Waals surface area contributed by atoms with Crippen LogP contribution in [0.25, 0.3) is 21.2 Å². The second kappa shape index (κ2) is 12.9. The largest absolute Gasteiger partial charge is 0.311 e. The zero-order valence-electron chi connectivity index (χ0n) is 30.0. The Bertz CT molecular complexity index is 2800. The molecule has 5 heteroatoms. The molecular weight excluding hydrogens is 685 g/mol. The molecule has 1 aromatic heterocycles. The molecule has 0 atom stereocenters. The Morgan fingerprint density at radius 1 is 0.418 bits per heavy atom. The Labute approximate surface area is 325 Å². The first kappa shape index (κ1) is 31.7. The van der Waals surface area contributed by atoms with E-state index in [1.165, 1.54) is 59.7 Å². The van der Waals surface area contributed by atoms with E-state index in [0.29, 0.717) is 0 Å². The first-order valence-corrected chi connectivity index (χ1v) is 19.6. The van der Waals surface area contributed by atoms with Crippen molar-refractivity contribution < 1.29 is 0 Å². The fourth-order valence-electron chi connectivity index (χ4n) is 8.67. The smallest absolute Gasteiger partial charge is 0.264 e. The summed E-state index contributed by atoms with van der Waals surface area (Å²) in [7, 11) is 0. The first-order valence-electron chi connectivity index (χ1n) is 18.8. The van der Waals surface area contributed by atoms with Crippen molar-refractivity contribution >= 4 is 95.0 Å². The van der Waals surface area contributed by atoms with Gasteiger partial charge in [0.15, 0.2) is 0 Å². The van der Waals surface area contributed by atoms with Gasteiger partial charge in [-0.2, -0.15) is 0 Å². The van der Waals surface area contributed by atoms with Gasteiger partial charge in [-0.15, -0.1) is 11.3 Å². The van der Waals surface area contributed by atoms with Gasteiger partial charge in [0.05, 0.1) is 5.69 Å². The van der Waals surface area contributed by atoms with Crippen LogP contribution >= 0.6 is 11.3 Å². The van der Waals surface area contributed by atoms with Gasteiger partial charge >= 0.3 is 0 Å². The van der Waals surface area contributed by atoms with E-state index in [1.54, 1.807) is 0 Å². The first-order chi connectivity index (χ1) is 27.3. The Kier molecular flexibility index (Phi) is 7.46. The highest BCUT2D eigenvalue weighted by Gasteiger charge is 2.44. The molecule has 0 saturated carbocycles. The van der Waals surface area contributed by atoms with Crippen LogP contribution in [0.2, 0.25) is 0 Å². The maximum atomic E-state index is 2.52. The highest BCUT2D eigenvalue weighted by molar-refractivity contribution is 7.33. The summed E-state index contributed by atoms with van der Waals surface area (Å²) in [6, 6.07) is 74.8. The van der Waals surface area contributed by atoms with Crippen molar-refractivity contribution in [3.8, 4) is 11.1 Å². The van der Waals surface area contributed by atoms with Gasteiger partial charge in [-0.1, -0.05) is 127 Å². The summed E-state index contributed by atoms with van der Waals surface area (Å²) in [6.07, 6.45) is 0. The molecule has 0 N–H and O–H groups in total. The van der Waals surface area contributed by atoms with Gasteiger partial charge in [0, 0.05) is 60.4 Å². The Hall–Kier alpha value is -6.82. The van der Waals surface area contributed by atoms with Crippen LogP contribution in [-0.2, 0) is 0 Å². The van der Waals surface area contributed by atoms with Crippen molar-refractivity contribution in [2.24, 2.45) is 0 Å². The molecule has 0 spiro atoms. The van der Waals surface area contributed by atoms with Gasteiger partial charge in [0.25, 0.3) is 6.71 Å². The molecule has 11 rings (SSSR count). The second-order valence-corrected chi connectivity index (χ2v) is 15.2. The van der Waals surface area contributed by atoms with E-state index in [4.69, 9.17) is 0 Å². The normalized spacial score (nSPS) is 12.6. The van der Waals surface area contributed by atoms with Gasteiger partial charge in [-0.3, -0.25) is 0 Å². The van der Waals surface area contributed by atoms with Gasteiger partial charge in [-0.05, 0) is 101 Å². The topological polar surface area (TPSA) is 9.72 Å². The molecule has 2 aliphatic heterocycles. The van der Waals surface area contributed by atoms with Crippen LogP contribution in [0.1, 0.15) is 0 Å². The summed E-state index contributed by atoms with van der Waals surface area (Å²) >= 11 is 1.93. The fraction of sp³-hybridized carbons (Fsp3) is 0. The van der Waals surface area contributed by atoms with E-state index >= 15 is 0 Å². The van der Waals surface area contributed by atoms with Crippen molar-refractivity contribution in [3.63, 3.8) is 0 Å². The lowest BCUT2D eigenvalue weighted by atomic mass is 9.36. The number of anilines is 9. The van der Waals surface area contributed by atoms with Crippen molar-refractivity contribution in [3.05, 3.63) is 206 Å². The average molecular weight is 720 g/mol. The number of benzene rings is 8. The lowest BCUT2D eigenvalue weighted by Crippen LogP contribution is -2.60. The third-order valence-corrected chi connectivity index (χ3v) is 12.2. The monoisotopic (exact) mass is 719 g/mol. The molecule has 3 nitrogen and oxygen atoms in total. The Morgan fingerprint density at radius 2 is 0.982 bits per heavy atom. The summed E-state index contributed by atoms with van der Waals surface area (Å²) in [4.78, 5) is 7.34. The Morgan fingerprint density at radius 3 is 1.73 bits per heavy atom. The molecule has 55 heavy (non-hydrogen) atoms. The molecular formula is C50H34BN3S. The van der Waals surface area contributed by atoms with Crippen molar-refractivity contribution in [1.29, 1.82) is 0 Å². The van der Waals surface area contributed by atoms with E-state index in [1.807, 2.05) is 11.3 Å². The van der Waals surface area contributed by atoms with Gasteiger partial charge < -0.3 is 14.7 Å². The predicted molar refractivity (Wildman–Crippen MR) is 236 cm³/mol. The lowest BCUT2D eigenvalue weighted by molar-refractivity contribution is 1.24. The maximum Gasteiger partial charge on any atom is 0.264 e. The fourth-order valence-corrected chi connectivity index (χ4v) is 9.99. The Balaban J connectivity index is 1.12. The van der Waals surface area contributed by atoms with Gasteiger partial charge in [0.1, 0.15) is 0 Å². The number of nitrogens with zero attached hydrogens (tertiary/aromatic N) is 3. The standard InChI is InChI=1S/C50H34BN3S/c1-4-16-35(17-5-1)36-30-32-39(33-31-36)54-46-28-15-27-45-48(46)51(50-49(54)42-24-10-13-29-47(42)55-50)43-25-11-12-26-44(43)53(45)41-23-14-22-40(34-41)52(37-18-6-2-7-19-37)38-20-8-3-9-21-38/h1-34H. The third-order valence-electron chi connectivity index (χ3n) is 11.0. The molecule has 0 fully saturated rings. The molecule has 0 bridgehead atoms. The van der Waals surface area contributed by atoms with Crippen molar-refractivity contribution in [2.75, 3.05) is 14.7 Å². The van der Waals surface area contributed by atoms with Crippen LogP contribution in [0, 0.1) is 0 Å². The van der Waals surface area contributed by atoms with Gasteiger partial charge in [0.2, 0.25) is 0 Å². The average Bonchev–Trinajstić information content (AvgIpc) is 3.64. The molecule has 8 aromatic carbocycles. The van der Waals surface area contributed by atoms with Crippen LogP contribution in [0.4, 0.5) is 51.2 Å². The minimum atomic E-state index is 0.0965. The van der Waals surface area contributed by atoms with E-state index in [9.17, 15) is 0 Å². The quantitative estimate of drug-likeness (QED) is 0.158. The molecule has 2 aliphatic rings. The summed E-state index contributed by atoms with van der Waals surface area (Å²) in [5.74, 6) is 0. The maximum absolute atomic E-state index is 2.52. The van der Waals surface area contributed by atoms with E-state index in [0.717, 1.165) is 28.4 Å². The summed E-state index contributed by atoms with van der Waals surface area (Å²) < 4.78 is 2.69. The molecule has 0 aliphatic carbocycles. The van der Waals surface area contributed by atoms with Crippen molar-refractivity contribution in [1.82, 2.24) is 0 Å². The molecule has 3 heterocycles. The zero-order chi connectivity index (χ0) is 36.3. The SMILES string of the molecule is c1ccc(-c2ccc(N3c4cccc5c4B(c4ccccc4N5c4cccc(N(c5ccccc5)c5ccccc5)c4)c4sc5ccccc5c43)cc2)cc1. The number of thiophene rings is 1. The zero-order valence-corrected chi connectivity index (χ0v) is 30.8. The van der Waals surface area contributed by atoms with Crippen LogP contribution in [0.5, 0.6) is 0 Å².